The lowest BCUT2D eigenvalue weighted by Crippen LogP contribution is -2.30. The van der Waals surface area contributed by atoms with Gasteiger partial charge in [0.15, 0.2) is 11.5 Å². The van der Waals surface area contributed by atoms with Crippen LogP contribution in [0.3, 0.4) is 0 Å². The molecule has 4 rings (SSSR count). The zero-order chi connectivity index (χ0) is 12.8. The first-order valence-electron chi connectivity index (χ1n) is 7.75. The minimum atomic E-state index is 0.413. The van der Waals surface area contributed by atoms with Crippen LogP contribution in [0.1, 0.15) is 55.6 Å². The summed E-state index contributed by atoms with van der Waals surface area (Å²) in [5.41, 5.74) is 3.02. The minimum absolute atomic E-state index is 0.413. The highest BCUT2D eigenvalue weighted by molar-refractivity contribution is 5.56. The van der Waals surface area contributed by atoms with E-state index in [9.17, 15) is 0 Å². The maximum atomic E-state index is 6.33. The van der Waals surface area contributed by atoms with Crippen molar-refractivity contribution in [2.24, 2.45) is 5.92 Å². The average Bonchev–Trinajstić information content (AvgIpc) is 2.79. The first kappa shape index (κ1) is 11.6. The average molecular weight is 258 g/mol. The van der Waals surface area contributed by atoms with Gasteiger partial charge in [-0.1, -0.05) is 18.9 Å². The van der Waals surface area contributed by atoms with Gasteiger partial charge in [-0.25, -0.2) is 0 Å². The van der Waals surface area contributed by atoms with Gasteiger partial charge in [0, 0.05) is 11.5 Å². The van der Waals surface area contributed by atoms with Gasteiger partial charge in [0.25, 0.3) is 0 Å². The molecule has 0 aromatic heterocycles. The van der Waals surface area contributed by atoms with Crippen LogP contribution >= 0.6 is 0 Å². The van der Waals surface area contributed by atoms with Gasteiger partial charge in [-0.3, -0.25) is 0 Å². The first-order chi connectivity index (χ1) is 9.38. The highest BCUT2D eigenvalue weighted by atomic mass is 16.5. The summed E-state index contributed by atoms with van der Waals surface area (Å²) in [6.45, 7) is 0. The molecule has 0 N–H and O–H groups in total. The van der Waals surface area contributed by atoms with E-state index in [0.29, 0.717) is 12.0 Å². The smallest absolute Gasteiger partial charge is 0.165 e. The van der Waals surface area contributed by atoms with Crippen molar-refractivity contribution in [2.75, 3.05) is 7.11 Å². The SMILES string of the molecule is COc1ccc2c3c1OC1CCCCCC(CC2)C31. The lowest BCUT2D eigenvalue weighted by atomic mass is 9.69. The van der Waals surface area contributed by atoms with E-state index in [1.165, 1.54) is 56.1 Å². The Labute approximate surface area is 115 Å². The highest BCUT2D eigenvalue weighted by Gasteiger charge is 2.44. The van der Waals surface area contributed by atoms with Crippen LogP contribution in [0.25, 0.3) is 0 Å². The molecule has 2 aliphatic carbocycles. The molecule has 0 spiro atoms. The maximum Gasteiger partial charge on any atom is 0.165 e. The summed E-state index contributed by atoms with van der Waals surface area (Å²) < 4.78 is 11.8. The quantitative estimate of drug-likeness (QED) is 0.756. The van der Waals surface area contributed by atoms with Crippen LogP contribution in [-0.2, 0) is 6.42 Å². The Kier molecular flexibility index (Phi) is 2.71. The Hall–Kier alpha value is -1.18. The van der Waals surface area contributed by atoms with Crippen molar-refractivity contribution in [1.29, 1.82) is 0 Å². The predicted octanol–water partition coefficient (Wildman–Crippen LogP) is 4.07. The molecule has 1 saturated carbocycles. The van der Waals surface area contributed by atoms with Crippen LogP contribution in [0.4, 0.5) is 0 Å². The number of hydrogen-bond acceptors (Lipinski definition) is 2. The molecule has 1 aliphatic heterocycles. The Morgan fingerprint density at radius 2 is 2.00 bits per heavy atom. The third-order valence-electron chi connectivity index (χ3n) is 5.33. The van der Waals surface area contributed by atoms with Crippen LogP contribution in [0.2, 0.25) is 0 Å². The van der Waals surface area contributed by atoms with E-state index in [4.69, 9.17) is 9.47 Å². The standard InChI is InChI=1S/C17H22O2/c1-18-14-10-9-12-8-7-11-5-3-2-4-6-13-15(11)16(12)17(14)19-13/h9-11,13,15H,2-8H2,1H3. The van der Waals surface area contributed by atoms with E-state index in [-0.39, 0.29) is 0 Å². The van der Waals surface area contributed by atoms with E-state index in [1.807, 2.05) is 0 Å². The van der Waals surface area contributed by atoms with Crippen molar-refractivity contribution in [3.05, 3.63) is 23.3 Å². The normalized spacial score (nSPS) is 31.9. The van der Waals surface area contributed by atoms with Crippen molar-refractivity contribution < 1.29 is 9.47 Å². The van der Waals surface area contributed by atoms with Gasteiger partial charge in [-0.05, 0) is 49.7 Å². The van der Waals surface area contributed by atoms with Gasteiger partial charge in [0.2, 0.25) is 0 Å². The number of methoxy groups -OCH3 is 1. The first-order valence-corrected chi connectivity index (χ1v) is 7.75. The number of aryl methyl sites for hydroxylation is 1. The monoisotopic (exact) mass is 258 g/mol. The molecule has 0 saturated heterocycles. The fourth-order valence-corrected chi connectivity index (χ4v) is 4.45. The largest absolute Gasteiger partial charge is 0.493 e. The second kappa shape index (κ2) is 4.43. The van der Waals surface area contributed by atoms with Crippen molar-refractivity contribution in [3.63, 3.8) is 0 Å². The molecule has 19 heavy (non-hydrogen) atoms. The molecule has 1 aromatic carbocycles. The second-order valence-corrected chi connectivity index (χ2v) is 6.29. The van der Waals surface area contributed by atoms with Crippen molar-refractivity contribution in [3.8, 4) is 11.5 Å². The summed E-state index contributed by atoms with van der Waals surface area (Å²) in [5.74, 6) is 3.49. The van der Waals surface area contributed by atoms with E-state index in [1.54, 1.807) is 7.11 Å². The summed E-state index contributed by atoms with van der Waals surface area (Å²) >= 11 is 0. The number of benzene rings is 1. The number of ether oxygens (including phenoxy) is 2. The molecule has 3 atom stereocenters. The van der Waals surface area contributed by atoms with E-state index in [2.05, 4.69) is 12.1 Å². The highest BCUT2D eigenvalue weighted by Crippen LogP contribution is 2.55. The number of rotatable bonds is 1. The second-order valence-electron chi connectivity index (χ2n) is 6.29. The molecule has 1 heterocycles. The zero-order valence-electron chi connectivity index (χ0n) is 11.7. The fourth-order valence-electron chi connectivity index (χ4n) is 4.45. The van der Waals surface area contributed by atoms with Crippen LogP contribution in [-0.4, -0.2) is 13.2 Å². The minimum Gasteiger partial charge on any atom is -0.493 e. The Balaban J connectivity index is 1.83. The summed E-state index contributed by atoms with van der Waals surface area (Å²) in [6, 6.07) is 4.35. The third kappa shape index (κ3) is 1.69. The molecule has 2 nitrogen and oxygen atoms in total. The van der Waals surface area contributed by atoms with Gasteiger partial charge < -0.3 is 9.47 Å². The zero-order valence-corrected chi connectivity index (χ0v) is 11.7. The Morgan fingerprint density at radius 1 is 1.11 bits per heavy atom. The fraction of sp³-hybridized carbons (Fsp3) is 0.647. The maximum absolute atomic E-state index is 6.33. The molecule has 0 amide bonds. The lowest BCUT2D eigenvalue weighted by molar-refractivity contribution is 0.138. The van der Waals surface area contributed by atoms with Crippen LogP contribution in [0, 0.1) is 5.92 Å². The predicted molar refractivity (Wildman–Crippen MR) is 75.0 cm³/mol. The van der Waals surface area contributed by atoms with Gasteiger partial charge in [0.1, 0.15) is 6.10 Å². The summed E-state index contributed by atoms with van der Waals surface area (Å²) in [7, 11) is 1.75. The Morgan fingerprint density at radius 3 is 2.89 bits per heavy atom. The molecule has 0 bridgehead atoms. The molecule has 1 aromatic rings. The summed E-state index contributed by atoms with van der Waals surface area (Å²) in [6.07, 6.45) is 9.70. The van der Waals surface area contributed by atoms with Crippen LogP contribution in [0.15, 0.2) is 12.1 Å². The van der Waals surface area contributed by atoms with Crippen molar-refractivity contribution in [1.82, 2.24) is 0 Å². The molecular weight excluding hydrogens is 236 g/mol. The molecule has 0 radical (unpaired) electrons. The van der Waals surface area contributed by atoms with Gasteiger partial charge in [-0.15, -0.1) is 0 Å². The lowest BCUT2D eigenvalue weighted by Gasteiger charge is -2.34. The van der Waals surface area contributed by atoms with Crippen LogP contribution < -0.4 is 9.47 Å². The Bertz CT molecular complexity index is 494. The van der Waals surface area contributed by atoms with Crippen molar-refractivity contribution in [2.45, 2.75) is 57.0 Å². The molecule has 3 aliphatic rings. The third-order valence-corrected chi connectivity index (χ3v) is 5.33. The van der Waals surface area contributed by atoms with Gasteiger partial charge >= 0.3 is 0 Å². The van der Waals surface area contributed by atoms with Crippen LogP contribution in [0.5, 0.6) is 11.5 Å². The molecule has 2 heteroatoms. The molecular formula is C17H22O2. The molecule has 102 valence electrons. The van der Waals surface area contributed by atoms with Gasteiger partial charge in [-0.2, -0.15) is 0 Å². The molecule has 3 unspecified atom stereocenters. The summed E-state index contributed by atoms with van der Waals surface area (Å²) in [5, 5.41) is 0. The number of hydrogen-bond donors (Lipinski definition) is 0. The van der Waals surface area contributed by atoms with Gasteiger partial charge in [0.05, 0.1) is 7.11 Å². The topological polar surface area (TPSA) is 18.5 Å². The van der Waals surface area contributed by atoms with E-state index in [0.717, 1.165) is 17.4 Å². The summed E-state index contributed by atoms with van der Waals surface area (Å²) in [4.78, 5) is 0. The van der Waals surface area contributed by atoms with E-state index < -0.39 is 0 Å². The molecule has 1 fully saturated rings. The van der Waals surface area contributed by atoms with E-state index >= 15 is 0 Å². The van der Waals surface area contributed by atoms with Crippen molar-refractivity contribution >= 4 is 0 Å².